The Bertz CT molecular complexity index is 507. The molecule has 0 atom stereocenters. The summed E-state index contributed by atoms with van der Waals surface area (Å²) in [5, 5.41) is 0.225. The first-order valence-electron chi connectivity index (χ1n) is 5.77. The van der Waals surface area contributed by atoms with Crippen molar-refractivity contribution in [1.29, 1.82) is 0 Å². The van der Waals surface area contributed by atoms with Gasteiger partial charge < -0.3 is 5.73 Å². The highest BCUT2D eigenvalue weighted by Gasteiger charge is 2.25. The van der Waals surface area contributed by atoms with Gasteiger partial charge in [0.2, 0.25) is 0 Å². The molecule has 3 nitrogen and oxygen atoms in total. The molecule has 0 aromatic heterocycles. The van der Waals surface area contributed by atoms with E-state index in [4.69, 9.17) is 17.3 Å². The summed E-state index contributed by atoms with van der Waals surface area (Å²) < 4.78 is 24.4. The van der Waals surface area contributed by atoms with Crippen LogP contribution in [0.3, 0.4) is 0 Å². The minimum absolute atomic E-state index is 0.205. The van der Waals surface area contributed by atoms with Gasteiger partial charge in [-0.25, -0.2) is 8.42 Å². The van der Waals surface area contributed by atoms with Crippen molar-refractivity contribution in [3.05, 3.63) is 23.2 Å². The lowest BCUT2D eigenvalue weighted by Gasteiger charge is -2.11. The predicted octanol–water partition coefficient (Wildman–Crippen LogP) is 2.89. The fourth-order valence-electron chi connectivity index (χ4n) is 2.35. The molecule has 1 aromatic rings. The van der Waals surface area contributed by atoms with Crippen LogP contribution in [0.15, 0.2) is 23.1 Å². The monoisotopic (exact) mass is 273 g/mol. The van der Waals surface area contributed by atoms with Crippen molar-refractivity contribution in [1.82, 2.24) is 0 Å². The summed E-state index contributed by atoms with van der Waals surface area (Å²) in [5.41, 5.74) is 6.04. The van der Waals surface area contributed by atoms with E-state index >= 15 is 0 Å². The van der Waals surface area contributed by atoms with E-state index < -0.39 is 9.84 Å². The highest BCUT2D eigenvalue weighted by molar-refractivity contribution is 7.91. The highest BCUT2D eigenvalue weighted by Crippen LogP contribution is 2.31. The van der Waals surface area contributed by atoms with Crippen LogP contribution < -0.4 is 5.73 Å². The van der Waals surface area contributed by atoms with E-state index in [-0.39, 0.29) is 21.6 Å². The fraction of sp³-hybridized carbons (Fsp3) is 0.500. The molecule has 1 saturated carbocycles. The molecule has 2 rings (SSSR count). The van der Waals surface area contributed by atoms with Crippen molar-refractivity contribution in [2.45, 2.75) is 30.6 Å². The molecular weight excluding hydrogens is 258 g/mol. The van der Waals surface area contributed by atoms with Gasteiger partial charge in [-0.1, -0.05) is 24.4 Å². The Balaban J connectivity index is 2.24. The second kappa shape index (κ2) is 4.86. The molecule has 5 heteroatoms. The van der Waals surface area contributed by atoms with Crippen molar-refractivity contribution >= 4 is 27.1 Å². The van der Waals surface area contributed by atoms with Gasteiger partial charge >= 0.3 is 0 Å². The van der Waals surface area contributed by atoms with Crippen LogP contribution in [0.4, 0.5) is 5.69 Å². The van der Waals surface area contributed by atoms with Gasteiger partial charge in [-0.2, -0.15) is 0 Å². The Morgan fingerprint density at radius 3 is 2.53 bits per heavy atom. The molecule has 0 amide bonds. The molecule has 1 aliphatic carbocycles. The lowest BCUT2D eigenvalue weighted by atomic mass is 10.1. The topological polar surface area (TPSA) is 60.2 Å². The van der Waals surface area contributed by atoms with E-state index in [1.54, 1.807) is 6.07 Å². The van der Waals surface area contributed by atoms with Crippen LogP contribution in [0.1, 0.15) is 25.7 Å². The summed E-state index contributed by atoms with van der Waals surface area (Å²) in [7, 11) is -3.28. The third kappa shape index (κ3) is 2.93. The van der Waals surface area contributed by atoms with Gasteiger partial charge in [0.05, 0.1) is 15.7 Å². The van der Waals surface area contributed by atoms with Gasteiger partial charge in [-0.3, -0.25) is 0 Å². The quantitative estimate of drug-likeness (QED) is 0.862. The second-order valence-corrected chi connectivity index (χ2v) is 7.03. The maximum absolute atomic E-state index is 12.2. The predicted molar refractivity (Wildman–Crippen MR) is 69.9 cm³/mol. The smallest absolute Gasteiger partial charge is 0.180 e. The first-order valence-corrected chi connectivity index (χ1v) is 7.80. The van der Waals surface area contributed by atoms with E-state index in [0.717, 1.165) is 25.7 Å². The van der Waals surface area contributed by atoms with Crippen molar-refractivity contribution in [2.24, 2.45) is 5.92 Å². The fourth-order valence-corrected chi connectivity index (χ4v) is 4.65. The number of anilines is 1. The molecule has 0 bridgehead atoms. The van der Waals surface area contributed by atoms with Crippen molar-refractivity contribution in [2.75, 3.05) is 11.5 Å². The van der Waals surface area contributed by atoms with Gasteiger partial charge in [-0.15, -0.1) is 0 Å². The number of halogens is 1. The van der Waals surface area contributed by atoms with Crippen LogP contribution in [-0.4, -0.2) is 14.2 Å². The van der Waals surface area contributed by atoms with Crippen molar-refractivity contribution < 1.29 is 8.42 Å². The van der Waals surface area contributed by atoms with Gasteiger partial charge in [0.15, 0.2) is 9.84 Å². The van der Waals surface area contributed by atoms with E-state index in [2.05, 4.69) is 0 Å². The Morgan fingerprint density at radius 2 is 1.94 bits per heavy atom. The third-order valence-electron chi connectivity index (χ3n) is 3.22. The average Bonchev–Trinajstić information content (AvgIpc) is 2.68. The summed E-state index contributed by atoms with van der Waals surface area (Å²) in [6, 6.07) is 4.57. The summed E-state index contributed by atoms with van der Waals surface area (Å²) >= 11 is 5.94. The largest absolute Gasteiger partial charge is 0.399 e. The normalized spacial score (nSPS) is 17.5. The van der Waals surface area contributed by atoms with Crippen molar-refractivity contribution in [3.8, 4) is 0 Å². The van der Waals surface area contributed by atoms with Crippen molar-refractivity contribution in [3.63, 3.8) is 0 Å². The Labute approximate surface area is 107 Å². The zero-order valence-electron chi connectivity index (χ0n) is 9.52. The standard InChI is InChI=1S/C12H16ClNO2S/c13-11-7-10(14)5-6-12(11)17(15,16)8-9-3-1-2-4-9/h5-7,9H,1-4,8,14H2. The summed E-state index contributed by atoms with van der Waals surface area (Å²) in [4.78, 5) is 0.209. The Kier molecular flexibility index (Phi) is 3.64. The molecule has 1 aromatic carbocycles. The van der Waals surface area contributed by atoms with Crippen LogP contribution in [0.25, 0.3) is 0 Å². The molecule has 0 radical (unpaired) electrons. The zero-order valence-corrected chi connectivity index (χ0v) is 11.1. The number of hydrogen-bond donors (Lipinski definition) is 1. The first kappa shape index (κ1) is 12.7. The molecule has 0 spiro atoms. The minimum atomic E-state index is -3.28. The molecule has 1 aliphatic rings. The number of nitrogens with two attached hydrogens (primary N) is 1. The van der Waals surface area contributed by atoms with Gasteiger partial charge in [0, 0.05) is 5.69 Å². The number of nitrogen functional groups attached to an aromatic ring is 1. The Morgan fingerprint density at radius 1 is 1.29 bits per heavy atom. The summed E-state index contributed by atoms with van der Waals surface area (Å²) in [6.45, 7) is 0. The number of sulfone groups is 1. The SMILES string of the molecule is Nc1ccc(S(=O)(=O)CC2CCCC2)c(Cl)c1. The van der Waals surface area contributed by atoms with Crippen LogP contribution in [0.5, 0.6) is 0 Å². The molecule has 1 fully saturated rings. The molecule has 0 aliphatic heterocycles. The van der Waals surface area contributed by atoms with E-state index in [1.807, 2.05) is 0 Å². The minimum Gasteiger partial charge on any atom is -0.399 e. The summed E-state index contributed by atoms with van der Waals surface area (Å²) in [5.74, 6) is 0.491. The molecule has 17 heavy (non-hydrogen) atoms. The molecule has 94 valence electrons. The second-order valence-electron chi connectivity index (χ2n) is 4.62. The lowest BCUT2D eigenvalue weighted by Crippen LogP contribution is -2.14. The lowest BCUT2D eigenvalue weighted by molar-refractivity contribution is 0.559. The Hall–Kier alpha value is -0.740. The highest BCUT2D eigenvalue weighted by atomic mass is 35.5. The van der Waals surface area contributed by atoms with Crippen LogP contribution >= 0.6 is 11.6 Å². The molecule has 0 unspecified atom stereocenters. The number of rotatable bonds is 3. The van der Waals surface area contributed by atoms with E-state index in [1.165, 1.54) is 12.1 Å². The maximum Gasteiger partial charge on any atom is 0.180 e. The van der Waals surface area contributed by atoms with Crippen LogP contribution in [-0.2, 0) is 9.84 Å². The molecular formula is C12H16ClNO2S. The molecule has 2 N–H and O–H groups in total. The van der Waals surface area contributed by atoms with Gasteiger partial charge in [-0.05, 0) is 37.0 Å². The third-order valence-corrected chi connectivity index (χ3v) is 5.58. The van der Waals surface area contributed by atoms with Crippen LogP contribution in [0, 0.1) is 5.92 Å². The van der Waals surface area contributed by atoms with E-state index in [9.17, 15) is 8.42 Å². The molecule has 0 saturated heterocycles. The average molecular weight is 274 g/mol. The van der Waals surface area contributed by atoms with Crippen LogP contribution in [0.2, 0.25) is 5.02 Å². The summed E-state index contributed by atoms with van der Waals surface area (Å²) in [6.07, 6.45) is 4.28. The van der Waals surface area contributed by atoms with Gasteiger partial charge in [0.1, 0.15) is 0 Å². The maximum atomic E-state index is 12.2. The molecule has 0 heterocycles. The number of benzene rings is 1. The zero-order chi connectivity index (χ0) is 12.5. The van der Waals surface area contributed by atoms with E-state index in [0.29, 0.717) is 5.69 Å². The first-order chi connectivity index (χ1) is 7.99. The van der Waals surface area contributed by atoms with Gasteiger partial charge in [0.25, 0.3) is 0 Å². The number of hydrogen-bond acceptors (Lipinski definition) is 3.